The van der Waals surface area contributed by atoms with Crippen LogP contribution in [0.1, 0.15) is 189 Å². The van der Waals surface area contributed by atoms with Crippen LogP contribution in [0.25, 0.3) is 0 Å². The molecular weight excluding hydrogens is 1110 g/mol. The lowest BCUT2D eigenvalue weighted by atomic mass is 10.0. The lowest BCUT2D eigenvalue weighted by Crippen LogP contribution is -2.58. The molecule has 0 aliphatic rings. The Bertz CT molecular complexity index is 3300. The summed E-state index contributed by atoms with van der Waals surface area (Å²) in [5.74, 6) is 6.66. The number of unbranched alkanes of at least 4 members (excludes halogenated alkanes) is 1. The quantitative estimate of drug-likeness (QED) is 0.0421. The first-order valence-electron chi connectivity index (χ1n) is 27.6. The minimum absolute atomic E-state index is 0. The number of rotatable bonds is 15. The van der Waals surface area contributed by atoms with Crippen LogP contribution in [0.2, 0.25) is 31.7 Å². The number of ether oxygens (including phenoxy) is 3. The summed E-state index contributed by atoms with van der Waals surface area (Å²) in [6.45, 7) is 39.8. The monoisotopic (exact) mass is 1200 g/mol. The number of carbonyl (C=O) groups excluding carboxylic acids is 1. The van der Waals surface area contributed by atoms with Gasteiger partial charge in [-0.1, -0.05) is 188 Å². The van der Waals surface area contributed by atoms with Crippen molar-refractivity contribution in [2.45, 2.75) is 204 Å². The first kappa shape index (κ1) is 70.4. The Balaban J connectivity index is 0.000000322. The maximum Gasteiger partial charge on any atom is 0.289 e. The van der Waals surface area contributed by atoms with Crippen molar-refractivity contribution in [2.75, 3.05) is 6.61 Å². The van der Waals surface area contributed by atoms with E-state index in [0.717, 1.165) is 48.1 Å². The molecule has 0 spiro atoms. The highest BCUT2D eigenvalue weighted by Gasteiger charge is 2.50. The van der Waals surface area contributed by atoms with Crippen molar-refractivity contribution in [3.8, 4) is 23.3 Å². The first-order chi connectivity index (χ1) is 37.6. The molecule has 0 N–H and O–H groups in total. The van der Waals surface area contributed by atoms with Crippen molar-refractivity contribution >= 4 is 53.8 Å². The molecule has 0 saturated heterocycles. The van der Waals surface area contributed by atoms with Crippen LogP contribution in [0.5, 0.6) is 11.5 Å². The molecular formula is C65H89Cl3N6O7Si. The molecule has 0 radical (unpaired) electrons. The molecule has 0 unspecified atom stereocenters. The molecule has 0 fully saturated rings. The summed E-state index contributed by atoms with van der Waals surface area (Å²) in [6, 6.07) is 23.8. The summed E-state index contributed by atoms with van der Waals surface area (Å²) < 4.78 is 21.1. The molecule has 6 aromatic rings. The summed E-state index contributed by atoms with van der Waals surface area (Å²) in [5, 5.41) is 14.6. The molecule has 0 saturated carbocycles. The fourth-order valence-electron chi connectivity index (χ4n) is 8.66. The molecule has 0 bridgehead atoms. The fourth-order valence-corrected chi connectivity index (χ4v) is 14.0. The van der Waals surface area contributed by atoms with Crippen LogP contribution in [0.15, 0.2) is 106 Å². The predicted molar refractivity (Wildman–Crippen MR) is 341 cm³/mol. The van der Waals surface area contributed by atoms with Gasteiger partial charge in [0, 0.05) is 24.2 Å². The summed E-state index contributed by atoms with van der Waals surface area (Å²) in [5.41, 5.74) is 2.63. The number of Topliss-reactive ketones (excluding diaryl/α,β-unsaturated/α-hetero) is 1. The van der Waals surface area contributed by atoms with Crippen LogP contribution in [-0.2, 0) is 41.2 Å². The van der Waals surface area contributed by atoms with E-state index < -0.39 is 24.7 Å². The van der Waals surface area contributed by atoms with Gasteiger partial charge in [-0.3, -0.25) is 19.2 Å². The zero-order valence-corrected chi connectivity index (χ0v) is 54.3. The van der Waals surface area contributed by atoms with Crippen molar-refractivity contribution in [1.29, 1.82) is 0 Å². The third-order valence-corrected chi connectivity index (χ3v) is 22.4. The van der Waals surface area contributed by atoms with E-state index in [1.165, 1.54) is 37.8 Å². The average molecular weight is 1200 g/mol. The lowest BCUT2D eigenvalue weighted by molar-refractivity contribution is 0.0979. The molecule has 0 atom stereocenters. The summed E-state index contributed by atoms with van der Waals surface area (Å²) >= 11 is 18.6. The van der Waals surface area contributed by atoms with Crippen molar-refractivity contribution in [1.82, 2.24) is 29.3 Å². The zero-order chi connectivity index (χ0) is 60.9. The van der Waals surface area contributed by atoms with Gasteiger partial charge in [0.25, 0.3) is 16.7 Å². The number of halogens is 3. The van der Waals surface area contributed by atoms with E-state index in [-0.39, 0.29) is 67.4 Å². The van der Waals surface area contributed by atoms with Crippen LogP contribution >= 0.6 is 34.8 Å². The molecule has 3 heterocycles. The van der Waals surface area contributed by atoms with Crippen molar-refractivity contribution in [2.24, 2.45) is 0 Å². The Morgan fingerprint density at radius 2 is 0.927 bits per heavy atom. The Labute approximate surface area is 504 Å². The molecule has 17 heteroatoms. The number of ketones is 1. The number of benzene rings is 3. The van der Waals surface area contributed by atoms with Gasteiger partial charge in [0.2, 0.25) is 0 Å². The fraction of sp³-hybridized carbons (Fsp3) is 0.492. The van der Waals surface area contributed by atoms with Crippen LogP contribution in [0, 0.1) is 11.8 Å². The van der Waals surface area contributed by atoms with Crippen LogP contribution in [0.3, 0.4) is 0 Å². The van der Waals surface area contributed by atoms with E-state index in [1.807, 2.05) is 98.7 Å². The van der Waals surface area contributed by atoms with Crippen molar-refractivity contribution in [3.63, 3.8) is 0 Å². The number of nitrogens with zero attached hydrogens (tertiary/aromatic N) is 6. The van der Waals surface area contributed by atoms with Crippen LogP contribution in [0.4, 0.5) is 0 Å². The van der Waals surface area contributed by atoms with E-state index in [9.17, 15) is 19.2 Å². The molecule has 0 aliphatic heterocycles. The van der Waals surface area contributed by atoms with Crippen LogP contribution in [-0.4, -0.2) is 49.8 Å². The third kappa shape index (κ3) is 18.8. The Hall–Kier alpha value is -5.82. The minimum Gasteiger partial charge on any atom is -0.485 e. The normalized spacial score (nSPS) is 11.9. The highest BCUT2D eigenvalue weighted by molar-refractivity contribution is 6.95. The Kier molecular flexibility index (Phi) is 25.4. The molecule has 3 aromatic heterocycles. The number of hydrogen-bond donors (Lipinski definition) is 0. The minimum atomic E-state index is -1.80. The van der Waals surface area contributed by atoms with E-state index in [2.05, 4.69) is 113 Å². The summed E-state index contributed by atoms with van der Waals surface area (Å²) in [4.78, 5) is 49.1. The van der Waals surface area contributed by atoms with E-state index in [4.69, 9.17) is 49.0 Å². The van der Waals surface area contributed by atoms with Gasteiger partial charge in [0.05, 0.1) is 55.5 Å². The topological polar surface area (TPSA) is 149 Å². The van der Waals surface area contributed by atoms with Gasteiger partial charge in [-0.05, 0) is 114 Å². The van der Waals surface area contributed by atoms with Gasteiger partial charge in [0.15, 0.2) is 27.3 Å². The third-order valence-electron chi connectivity index (χ3n) is 13.9. The number of carbonyl (C=O) groups is 1. The zero-order valence-electron chi connectivity index (χ0n) is 51.0. The maximum atomic E-state index is 12.5. The molecule has 13 nitrogen and oxygen atoms in total. The second kappa shape index (κ2) is 29.6. The number of aromatic nitrogens is 6. The molecule has 6 rings (SSSR count). The van der Waals surface area contributed by atoms with E-state index in [0.29, 0.717) is 36.5 Å². The SMILES string of the molecule is C.CC(C)(C)n1ncc(OCc2ccc([Si](C)(C(C)(C)C)C(C)(C)C)cc2)c(Cl)c1=O.CCCCC(=O)c1ccc(COc2cnn(C(C)(C)C)c(=O)c2Cl)cc1.CCCOCc1ccc(C#Cc2cnn(C(C)(C)C)c(=O)c2Cl)cc1. The molecule has 82 heavy (non-hydrogen) atoms. The first-order valence-corrected chi connectivity index (χ1v) is 31.2. The van der Waals surface area contributed by atoms with Gasteiger partial charge < -0.3 is 14.2 Å². The lowest BCUT2D eigenvalue weighted by Gasteiger charge is -2.50. The average Bonchev–Trinajstić information content (AvgIpc) is 3.17. The highest BCUT2D eigenvalue weighted by Crippen LogP contribution is 2.50. The van der Waals surface area contributed by atoms with Gasteiger partial charge in [0.1, 0.15) is 18.2 Å². The maximum absolute atomic E-state index is 12.5. The molecule has 446 valence electrons. The molecule has 0 aliphatic carbocycles. The van der Waals surface area contributed by atoms with Crippen LogP contribution < -0.4 is 31.3 Å². The standard InChI is InChI=1S/C24H37ClN2O2Si.C20H25ClN2O3.C20H23ClN2O2.CH4/c1-22(2,3)27-21(28)20(25)19(15-26-27)29-16-17-11-13-18(14-12-17)30(10,23(4,5)6)24(7,8)9;1-5-6-7-16(24)15-10-8-14(9-11-15)13-26-17-12-22-23(20(2,3)4)19(25)18(17)21;1-5-12-25-14-16-8-6-15(7-9-16)10-11-17-13-22-23(20(2,3)4)19(24)18(17)21;/h11-15H,16H2,1-10H3;8-12H,5-7,13H2,1-4H3;6-9,13H,5,12,14H2,1-4H3;1H4. The van der Waals surface area contributed by atoms with Gasteiger partial charge in [-0.2, -0.15) is 15.3 Å². The smallest absolute Gasteiger partial charge is 0.289 e. The predicted octanol–water partition coefficient (Wildman–Crippen LogP) is 15.3. The Morgan fingerprint density at radius 1 is 0.537 bits per heavy atom. The second-order valence-electron chi connectivity index (χ2n) is 25.3. The Morgan fingerprint density at radius 3 is 1.33 bits per heavy atom. The second-order valence-corrected chi connectivity index (χ2v) is 32.3. The van der Waals surface area contributed by atoms with E-state index >= 15 is 0 Å². The largest absolute Gasteiger partial charge is 0.485 e. The van der Waals surface area contributed by atoms with Crippen molar-refractivity contribution in [3.05, 3.63) is 171 Å². The van der Waals surface area contributed by atoms with E-state index in [1.54, 1.807) is 12.1 Å². The number of hydrogen-bond acceptors (Lipinski definition) is 10. The summed E-state index contributed by atoms with van der Waals surface area (Å²) in [6.07, 6.45) is 7.99. The molecule has 3 aromatic carbocycles. The summed E-state index contributed by atoms with van der Waals surface area (Å²) in [7, 11) is -1.80. The van der Waals surface area contributed by atoms with Gasteiger partial charge >= 0.3 is 0 Å². The van der Waals surface area contributed by atoms with Gasteiger partial charge in [-0.25, -0.2) is 14.0 Å². The highest BCUT2D eigenvalue weighted by atomic mass is 35.5. The van der Waals surface area contributed by atoms with Crippen molar-refractivity contribution < 1.29 is 19.0 Å². The van der Waals surface area contributed by atoms with Gasteiger partial charge in [-0.15, -0.1) is 0 Å². The molecule has 0 amide bonds.